The van der Waals surface area contributed by atoms with Gasteiger partial charge in [0, 0.05) is 0 Å². The van der Waals surface area contributed by atoms with Crippen molar-refractivity contribution >= 4 is 17.0 Å². The van der Waals surface area contributed by atoms with E-state index in [1.165, 1.54) is 0 Å². The SMILES string of the molecule is Nc1nc(F)nc2nc(C(Cc3ccccc3)C3=COCO3)[nH]c12. The Kier molecular flexibility index (Phi) is 3.49. The molecule has 0 aliphatic carbocycles. The Morgan fingerprint density at radius 3 is 2.79 bits per heavy atom. The molecule has 0 saturated heterocycles. The molecule has 1 aliphatic heterocycles. The van der Waals surface area contributed by atoms with Gasteiger partial charge < -0.3 is 20.2 Å². The molecule has 1 aromatic carbocycles. The molecule has 0 fully saturated rings. The predicted octanol–water partition coefficient (Wildman–Crippen LogP) is 2.25. The first kappa shape index (κ1) is 14.4. The number of hydrogen-bond acceptors (Lipinski definition) is 6. The van der Waals surface area contributed by atoms with Crippen molar-refractivity contribution in [3.63, 3.8) is 0 Å². The molecule has 3 N–H and O–H groups in total. The summed E-state index contributed by atoms with van der Waals surface area (Å²) in [7, 11) is 0. The number of aromatic amines is 1. The Hall–Kier alpha value is -3.16. The lowest BCUT2D eigenvalue weighted by Gasteiger charge is -2.14. The van der Waals surface area contributed by atoms with E-state index in [0.717, 1.165) is 5.56 Å². The Bertz CT molecular complexity index is 909. The van der Waals surface area contributed by atoms with Crippen LogP contribution in [0.2, 0.25) is 0 Å². The van der Waals surface area contributed by atoms with E-state index in [2.05, 4.69) is 19.9 Å². The summed E-state index contributed by atoms with van der Waals surface area (Å²) >= 11 is 0. The second-order valence-electron chi connectivity index (χ2n) is 5.39. The largest absolute Gasteiger partial charge is 0.462 e. The van der Waals surface area contributed by atoms with Crippen LogP contribution in [-0.4, -0.2) is 26.7 Å². The molecular weight excluding hydrogens is 313 g/mol. The van der Waals surface area contributed by atoms with Crippen molar-refractivity contribution in [3.05, 3.63) is 59.8 Å². The molecule has 0 saturated carbocycles. The van der Waals surface area contributed by atoms with E-state index in [9.17, 15) is 4.39 Å². The minimum absolute atomic E-state index is 0.0206. The molecule has 4 rings (SSSR count). The fourth-order valence-electron chi connectivity index (χ4n) is 2.69. The van der Waals surface area contributed by atoms with E-state index in [0.29, 0.717) is 23.5 Å². The third-order valence-electron chi connectivity index (χ3n) is 3.82. The number of rotatable bonds is 4. The van der Waals surface area contributed by atoms with Crippen molar-refractivity contribution in [2.75, 3.05) is 12.5 Å². The number of ether oxygens (including phenoxy) is 2. The van der Waals surface area contributed by atoms with Crippen LogP contribution in [0.3, 0.4) is 0 Å². The molecule has 24 heavy (non-hydrogen) atoms. The van der Waals surface area contributed by atoms with E-state index < -0.39 is 6.08 Å². The Morgan fingerprint density at radius 1 is 1.21 bits per heavy atom. The number of H-pyrrole nitrogens is 1. The quantitative estimate of drug-likeness (QED) is 0.713. The summed E-state index contributed by atoms with van der Waals surface area (Å²) < 4.78 is 24.0. The van der Waals surface area contributed by atoms with Crippen LogP contribution < -0.4 is 5.73 Å². The summed E-state index contributed by atoms with van der Waals surface area (Å²) in [5.74, 6) is 1.00. The number of halogens is 1. The van der Waals surface area contributed by atoms with Crippen LogP contribution in [0.1, 0.15) is 17.3 Å². The van der Waals surface area contributed by atoms with Gasteiger partial charge in [0.15, 0.2) is 11.5 Å². The Labute approximate surface area is 136 Å². The van der Waals surface area contributed by atoms with Crippen LogP contribution in [0.4, 0.5) is 10.2 Å². The van der Waals surface area contributed by atoms with Crippen LogP contribution >= 0.6 is 0 Å². The fraction of sp³-hybridized carbons (Fsp3) is 0.188. The number of benzene rings is 1. The molecule has 8 heteroatoms. The van der Waals surface area contributed by atoms with Gasteiger partial charge in [0.1, 0.15) is 23.4 Å². The number of anilines is 1. The predicted molar refractivity (Wildman–Crippen MR) is 84.1 cm³/mol. The van der Waals surface area contributed by atoms with Crippen LogP contribution in [0.25, 0.3) is 11.2 Å². The van der Waals surface area contributed by atoms with Gasteiger partial charge in [-0.25, -0.2) is 4.98 Å². The van der Waals surface area contributed by atoms with Crippen molar-refractivity contribution < 1.29 is 13.9 Å². The highest BCUT2D eigenvalue weighted by molar-refractivity contribution is 5.81. The highest BCUT2D eigenvalue weighted by Gasteiger charge is 2.26. The molecule has 1 aliphatic rings. The normalized spacial score (nSPS) is 15.0. The van der Waals surface area contributed by atoms with E-state index in [1.54, 1.807) is 6.26 Å². The smallest absolute Gasteiger partial charge is 0.312 e. The minimum Gasteiger partial charge on any atom is -0.462 e. The maximum absolute atomic E-state index is 13.3. The first-order valence-electron chi connectivity index (χ1n) is 7.37. The first-order chi connectivity index (χ1) is 11.7. The van der Waals surface area contributed by atoms with E-state index in [-0.39, 0.29) is 24.2 Å². The van der Waals surface area contributed by atoms with Gasteiger partial charge in [0.05, 0.1) is 5.92 Å². The zero-order valence-corrected chi connectivity index (χ0v) is 12.6. The van der Waals surface area contributed by atoms with Crippen LogP contribution in [0.5, 0.6) is 0 Å². The summed E-state index contributed by atoms with van der Waals surface area (Å²) in [6, 6.07) is 9.90. The maximum atomic E-state index is 13.3. The molecule has 1 atom stereocenters. The average molecular weight is 327 g/mol. The van der Waals surface area contributed by atoms with Crippen LogP contribution in [0.15, 0.2) is 42.4 Å². The molecule has 0 spiro atoms. The number of nitrogens with zero attached hydrogens (tertiary/aromatic N) is 3. The average Bonchev–Trinajstić information content (AvgIpc) is 3.23. The molecule has 7 nitrogen and oxygen atoms in total. The Morgan fingerprint density at radius 2 is 2.04 bits per heavy atom. The maximum Gasteiger partial charge on any atom is 0.312 e. The molecule has 3 heterocycles. The fourth-order valence-corrected chi connectivity index (χ4v) is 2.69. The second kappa shape index (κ2) is 5.80. The zero-order valence-electron chi connectivity index (χ0n) is 12.6. The monoisotopic (exact) mass is 327 g/mol. The summed E-state index contributed by atoms with van der Waals surface area (Å²) in [5, 5.41) is 0. The number of fused-ring (bicyclic) bond motifs is 1. The van der Waals surface area contributed by atoms with Gasteiger partial charge in [-0.1, -0.05) is 30.3 Å². The molecule has 3 aromatic rings. The highest BCUT2D eigenvalue weighted by Crippen LogP contribution is 2.31. The summed E-state index contributed by atoms with van der Waals surface area (Å²) in [4.78, 5) is 14.7. The van der Waals surface area contributed by atoms with Crippen LogP contribution in [-0.2, 0) is 15.9 Å². The molecular formula is C16H14FN5O2. The van der Waals surface area contributed by atoms with Gasteiger partial charge in [0.25, 0.3) is 0 Å². The van der Waals surface area contributed by atoms with Gasteiger partial charge in [-0.3, -0.25) is 0 Å². The van der Waals surface area contributed by atoms with Gasteiger partial charge in [-0.05, 0) is 12.0 Å². The lowest BCUT2D eigenvalue weighted by atomic mass is 9.97. The third-order valence-corrected chi connectivity index (χ3v) is 3.82. The number of nitrogens with one attached hydrogen (secondary N) is 1. The number of allylic oxidation sites excluding steroid dienone is 1. The van der Waals surface area contributed by atoms with Crippen molar-refractivity contribution in [3.8, 4) is 0 Å². The summed E-state index contributed by atoms with van der Waals surface area (Å²) in [5.41, 5.74) is 7.44. The number of nitrogen functional groups attached to an aromatic ring is 1. The van der Waals surface area contributed by atoms with Crippen molar-refractivity contribution in [1.82, 2.24) is 19.9 Å². The van der Waals surface area contributed by atoms with Crippen molar-refractivity contribution in [2.24, 2.45) is 0 Å². The van der Waals surface area contributed by atoms with Gasteiger partial charge >= 0.3 is 6.08 Å². The molecule has 0 bridgehead atoms. The molecule has 0 radical (unpaired) electrons. The van der Waals surface area contributed by atoms with E-state index in [1.807, 2.05) is 30.3 Å². The minimum atomic E-state index is -0.905. The van der Waals surface area contributed by atoms with Crippen molar-refractivity contribution in [1.29, 1.82) is 0 Å². The van der Waals surface area contributed by atoms with Crippen LogP contribution in [0, 0.1) is 6.08 Å². The zero-order chi connectivity index (χ0) is 16.5. The van der Waals surface area contributed by atoms with Gasteiger partial charge in [0.2, 0.25) is 6.79 Å². The molecule has 2 aromatic heterocycles. The third kappa shape index (κ3) is 2.62. The van der Waals surface area contributed by atoms with E-state index >= 15 is 0 Å². The molecule has 0 amide bonds. The van der Waals surface area contributed by atoms with E-state index in [4.69, 9.17) is 15.2 Å². The molecule has 122 valence electrons. The molecule has 1 unspecified atom stereocenters. The highest BCUT2D eigenvalue weighted by atomic mass is 19.1. The number of imidazole rings is 1. The number of hydrogen-bond donors (Lipinski definition) is 2. The topological polar surface area (TPSA) is 98.9 Å². The standard InChI is InChI=1S/C16H14FN5O2/c17-16-20-13(18)12-15(22-16)21-14(19-12)10(11-7-23-8-24-11)6-9-4-2-1-3-5-9/h1-5,7,10H,6,8H2,(H3,18,19,20,21,22). The summed E-state index contributed by atoms with van der Waals surface area (Å²) in [6.07, 6.45) is 1.29. The Balaban J connectivity index is 1.77. The van der Waals surface area contributed by atoms with Gasteiger partial charge in [-0.2, -0.15) is 14.4 Å². The number of aromatic nitrogens is 4. The lowest BCUT2D eigenvalue weighted by molar-refractivity contribution is 0.0748. The summed E-state index contributed by atoms with van der Waals surface area (Å²) in [6.45, 7) is 0.164. The van der Waals surface area contributed by atoms with Gasteiger partial charge in [-0.15, -0.1) is 0 Å². The number of nitrogens with two attached hydrogens (primary N) is 1. The van der Waals surface area contributed by atoms with Crippen molar-refractivity contribution in [2.45, 2.75) is 12.3 Å². The lowest BCUT2D eigenvalue weighted by Crippen LogP contribution is -2.09. The first-order valence-corrected chi connectivity index (χ1v) is 7.37. The second-order valence-corrected chi connectivity index (χ2v) is 5.39.